The number of carbonyl (C=O) groups excluding carboxylic acids is 1. The van der Waals surface area contributed by atoms with E-state index in [2.05, 4.69) is 5.32 Å². The lowest BCUT2D eigenvalue weighted by Gasteiger charge is -2.27. The minimum Gasteiger partial charge on any atom is -0.478 e. The summed E-state index contributed by atoms with van der Waals surface area (Å²) in [5, 5.41) is 13.6. The summed E-state index contributed by atoms with van der Waals surface area (Å²) < 4.78 is 13.6. The van der Waals surface area contributed by atoms with Gasteiger partial charge in [0.2, 0.25) is 0 Å². The van der Waals surface area contributed by atoms with E-state index in [9.17, 15) is 14.0 Å². The van der Waals surface area contributed by atoms with Crippen LogP contribution in [0.25, 0.3) is 0 Å². The Kier molecular flexibility index (Phi) is 6.26. The fourth-order valence-electron chi connectivity index (χ4n) is 3.52. The molecule has 2 N–H and O–H groups in total. The molecule has 0 radical (unpaired) electrons. The standard InChI is InChI=1S/C21H23FN2O4/c1-28-24(15-6-2-3-7-15)20(25)16-8-4-5-9-19(16)23-13-14-10-11-18(22)17(12-14)21(26)27/h4-5,8-12,15,23H,2-3,6-7,13H2,1H3,(H,26,27). The monoisotopic (exact) mass is 386 g/mol. The summed E-state index contributed by atoms with van der Waals surface area (Å²) in [6, 6.07) is 11.1. The number of nitrogens with zero attached hydrogens (tertiary/aromatic N) is 1. The molecular weight excluding hydrogens is 363 g/mol. The van der Waals surface area contributed by atoms with Crippen LogP contribution in [0.3, 0.4) is 0 Å². The molecule has 7 heteroatoms. The molecule has 3 rings (SSSR count). The second-order valence-corrected chi connectivity index (χ2v) is 6.77. The Morgan fingerprint density at radius 1 is 1.18 bits per heavy atom. The lowest BCUT2D eigenvalue weighted by atomic mass is 10.1. The Labute approximate surface area is 162 Å². The van der Waals surface area contributed by atoms with Crippen LogP contribution in [-0.2, 0) is 11.4 Å². The average molecular weight is 386 g/mol. The normalized spacial score (nSPS) is 14.1. The molecule has 0 spiro atoms. The molecule has 0 atom stereocenters. The smallest absolute Gasteiger partial charge is 0.338 e. The number of benzene rings is 2. The van der Waals surface area contributed by atoms with E-state index < -0.39 is 11.8 Å². The van der Waals surface area contributed by atoms with E-state index in [0.717, 1.165) is 31.7 Å². The molecule has 1 fully saturated rings. The topological polar surface area (TPSA) is 78.9 Å². The number of para-hydroxylation sites is 1. The third-order valence-corrected chi connectivity index (χ3v) is 4.95. The number of aromatic carboxylic acids is 1. The second-order valence-electron chi connectivity index (χ2n) is 6.77. The first kappa shape index (κ1) is 19.8. The number of anilines is 1. The van der Waals surface area contributed by atoms with E-state index in [1.165, 1.54) is 24.3 Å². The molecule has 2 aromatic carbocycles. The maximum Gasteiger partial charge on any atom is 0.338 e. The summed E-state index contributed by atoms with van der Waals surface area (Å²) in [5.74, 6) is -2.32. The van der Waals surface area contributed by atoms with E-state index in [-0.39, 0.29) is 24.1 Å². The fourth-order valence-corrected chi connectivity index (χ4v) is 3.52. The summed E-state index contributed by atoms with van der Waals surface area (Å²) in [4.78, 5) is 29.5. The molecule has 28 heavy (non-hydrogen) atoms. The van der Waals surface area contributed by atoms with Crippen LogP contribution in [0.5, 0.6) is 0 Å². The molecule has 2 aromatic rings. The summed E-state index contributed by atoms with van der Waals surface area (Å²) in [7, 11) is 1.50. The van der Waals surface area contributed by atoms with Gasteiger partial charge in [-0.3, -0.25) is 9.63 Å². The number of hydrogen-bond donors (Lipinski definition) is 2. The zero-order chi connectivity index (χ0) is 20.1. The van der Waals surface area contributed by atoms with E-state index >= 15 is 0 Å². The van der Waals surface area contributed by atoms with Gasteiger partial charge in [0.15, 0.2) is 0 Å². The van der Waals surface area contributed by atoms with Crippen LogP contribution in [0.4, 0.5) is 10.1 Å². The van der Waals surface area contributed by atoms with Crippen LogP contribution in [0.1, 0.15) is 52.0 Å². The highest BCUT2D eigenvalue weighted by Crippen LogP contribution is 2.27. The molecule has 1 aliphatic carbocycles. The molecule has 0 bridgehead atoms. The third kappa shape index (κ3) is 4.31. The molecular formula is C21H23FN2O4. The zero-order valence-electron chi connectivity index (χ0n) is 15.7. The zero-order valence-corrected chi connectivity index (χ0v) is 15.7. The maximum atomic E-state index is 13.6. The third-order valence-electron chi connectivity index (χ3n) is 4.95. The molecule has 1 amide bonds. The first-order chi connectivity index (χ1) is 13.5. The summed E-state index contributed by atoms with van der Waals surface area (Å²) in [6.45, 7) is 0.251. The van der Waals surface area contributed by atoms with Gasteiger partial charge in [-0.25, -0.2) is 14.2 Å². The van der Waals surface area contributed by atoms with Gasteiger partial charge in [-0.2, -0.15) is 0 Å². The number of rotatable bonds is 7. The highest BCUT2D eigenvalue weighted by atomic mass is 19.1. The van der Waals surface area contributed by atoms with Crippen LogP contribution in [0, 0.1) is 5.82 Å². The van der Waals surface area contributed by atoms with Gasteiger partial charge in [0.05, 0.1) is 24.3 Å². The molecule has 148 valence electrons. The van der Waals surface area contributed by atoms with Gasteiger partial charge in [-0.05, 0) is 42.7 Å². The molecule has 1 aliphatic rings. The van der Waals surface area contributed by atoms with Gasteiger partial charge < -0.3 is 10.4 Å². The quantitative estimate of drug-likeness (QED) is 0.701. The predicted molar refractivity (Wildman–Crippen MR) is 103 cm³/mol. The van der Waals surface area contributed by atoms with Gasteiger partial charge in [0.1, 0.15) is 5.82 Å². The Hall–Kier alpha value is -2.93. The maximum absolute atomic E-state index is 13.6. The first-order valence-corrected chi connectivity index (χ1v) is 9.23. The molecule has 0 aliphatic heterocycles. The highest BCUT2D eigenvalue weighted by molar-refractivity contribution is 5.99. The fraction of sp³-hybridized carbons (Fsp3) is 0.333. The van der Waals surface area contributed by atoms with E-state index in [0.29, 0.717) is 16.8 Å². The minimum atomic E-state index is -1.32. The van der Waals surface area contributed by atoms with Crippen molar-refractivity contribution in [3.8, 4) is 0 Å². The average Bonchev–Trinajstić information content (AvgIpc) is 3.22. The van der Waals surface area contributed by atoms with Crippen molar-refractivity contribution < 1.29 is 23.9 Å². The van der Waals surface area contributed by atoms with Crippen molar-refractivity contribution in [2.45, 2.75) is 38.3 Å². The van der Waals surface area contributed by atoms with E-state index in [1.54, 1.807) is 24.3 Å². The molecule has 0 aromatic heterocycles. The van der Waals surface area contributed by atoms with Gasteiger partial charge in [-0.15, -0.1) is 0 Å². The molecule has 0 unspecified atom stereocenters. The number of hydroxylamine groups is 2. The highest BCUT2D eigenvalue weighted by Gasteiger charge is 2.29. The van der Waals surface area contributed by atoms with Crippen molar-refractivity contribution in [2.75, 3.05) is 12.4 Å². The molecule has 0 saturated heterocycles. The lowest BCUT2D eigenvalue weighted by molar-refractivity contribution is -0.121. The Morgan fingerprint density at radius 3 is 2.57 bits per heavy atom. The number of carboxylic acids is 1. The Bertz CT molecular complexity index is 865. The van der Waals surface area contributed by atoms with Gasteiger partial charge in [0, 0.05) is 12.2 Å². The van der Waals surface area contributed by atoms with Crippen molar-refractivity contribution in [2.24, 2.45) is 0 Å². The number of carboxylic acid groups (broad SMARTS) is 1. The van der Waals surface area contributed by atoms with Crippen molar-refractivity contribution in [1.29, 1.82) is 0 Å². The number of hydrogen-bond acceptors (Lipinski definition) is 4. The SMILES string of the molecule is CON(C(=O)c1ccccc1NCc1ccc(F)c(C(=O)O)c1)C1CCCC1. The number of nitrogens with one attached hydrogen (secondary N) is 1. The van der Waals surface area contributed by atoms with Crippen LogP contribution in [0.15, 0.2) is 42.5 Å². The molecule has 0 heterocycles. The molecule has 1 saturated carbocycles. The number of halogens is 1. The van der Waals surface area contributed by atoms with Crippen LogP contribution < -0.4 is 5.32 Å². The lowest BCUT2D eigenvalue weighted by Crippen LogP contribution is -2.38. The van der Waals surface area contributed by atoms with Crippen molar-refractivity contribution in [3.05, 3.63) is 65.0 Å². The van der Waals surface area contributed by atoms with Crippen molar-refractivity contribution in [3.63, 3.8) is 0 Å². The summed E-state index contributed by atoms with van der Waals surface area (Å²) >= 11 is 0. The van der Waals surface area contributed by atoms with Gasteiger partial charge in [0.25, 0.3) is 5.91 Å². The summed E-state index contributed by atoms with van der Waals surface area (Å²) in [5.41, 5.74) is 1.29. The number of carbonyl (C=O) groups is 2. The van der Waals surface area contributed by atoms with Crippen molar-refractivity contribution >= 4 is 17.6 Å². The van der Waals surface area contributed by atoms with Crippen LogP contribution in [-0.4, -0.2) is 35.2 Å². The molecule has 6 nitrogen and oxygen atoms in total. The number of amides is 1. The van der Waals surface area contributed by atoms with Crippen LogP contribution >= 0.6 is 0 Å². The first-order valence-electron chi connectivity index (χ1n) is 9.23. The second kappa shape index (κ2) is 8.84. The van der Waals surface area contributed by atoms with E-state index in [4.69, 9.17) is 9.94 Å². The largest absolute Gasteiger partial charge is 0.478 e. The summed E-state index contributed by atoms with van der Waals surface area (Å²) in [6.07, 6.45) is 3.99. The predicted octanol–water partition coefficient (Wildman–Crippen LogP) is 4.08. The Balaban J connectivity index is 1.78. The van der Waals surface area contributed by atoms with Gasteiger partial charge in [-0.1, -0.05) is 31.0 Å². The van der Waals surface area contributed by atoms with Crippen LogP contribution in [0.2, 0.25) is 0 Å². The minimum absolute atomic E-state index is 0.0702. The Morgan fingerprint density at radius 2 is 1.89 bits per heavy atom. The van der Waals surface area contributed by atoms with Gasteiger partial charge >= 0.3 is 5.97 Å². The van der Waals surface area contributed by atoms with E-state index in [1.807, 2.05) is 0 Å². The van der Waals surface area contributed by atoms with Crippen molar-refractivity contribution in [1.82, 2.24) is 5.06 Å².